The van der Waals surface area contributed by atoms with E-state index in [4.69, 9.17) is 0 Å². The van der Waals surface area contributed by atoms with Crippen LogP contribution in [0.5, 0.6) is 0 Å². The number of rotatable bonds is 6. The molecule has 0 fully saturated rings. The van der Waals surface area contributed by atoms with Crippen LogP contribution in [0.25, 0.3) is 5.82 Å². The average Bonchev–Trinajstić information content (AvgIpc) is 3.30. The number of benzene rings is 1. The van der Waals surface area contributed by atoms with Gasteiger partial charge in [0.25, 0.3) is 0 Å². The number of pyridine rings is 1. The number of aromatic nitrogens is 5. The fraction of sp³-hybridized carbons (Fsp3) is 0.190. The Balaban J connectivity index is 1.71. The van der Waals surface area contributed by atoms with Crippen LogP contribution in [0.3, 0.4) is 0 Å². The molecule has 29 heavy (non-hydrogen) atoms. The lowest BCUT2D eigenvalue weighted by Crippen LogP contribution is -2.08. The van der Waals surface area contributed by atoms with Crippen LogP contribution >= 0.6 is 0 Å². The first-order valence-corrected chi connectivity index (χ1v) is 9.15. The van der Waals surface area contributed by atoms with Crippen molar-refractivity contribution in [2.24, 2.45) is 0 Å². The van der Waals surface area contributed by atoms with Gasteiger partial charge >= 0.3 is 0 Å². The number of alkyl halides is 1. The minimum Gasteiger partial charge on any atom is -0.340 e. The highest BCUT2D eigenvalue weighted by Crippen LogP contribution is 2.20. The lowest BCUT2D eigenvalue weighted by atomic mass is 10.2. The summed E-state index contributed by atoms with van der Waals surface area (Å²) in [5.74, 6) is 0.814. The zero-order chi connectivity index (χ0) is 20.4. The van der Waals surface area contributed by atoms with Crippen molar-refractivity contribution in [1.29, 1.82) is 0 Å². The number of nitrogens with one attached hydrogen (secondary N) is 1. The van der Waals surface area contributed by atoms with Crippen molar-refractivity contribution in [3.8, 4) is 5.82 Å². The van der Waals surface area contributed by atoms with Crippen LogP contribution in [0.15, 0.2) is 54.7 Å². The van der Waals surface area contributed by atoms with Crippen LogP contribution < -0.4 is 5.32 Å². The summed E-state index contributed by atoms with van der Waals surface area (Å²) < 4.78 is 29.6. The second-order valence-corrected chi connectivity index (χ2v) is 6.82. The zero-order valence-corrected chi connectivity index (χ0v) is 16.1. The van der Waals surface area contributed by atoms with Gasteiger partial charge < -0.3 is 5.32 Å². The molecule has 4 rings (SSSR count). The molecule has 148 valence electrons. The molecular weight excluding hydrogens is 374 g/mol. The Morgan fingerprint density at radius 3 is 2.45 bits per heavy atom. The Morgan fingerprint density at radius 2 is 1.79 bits per heavy atom. The van der Waals surface area contributed by atoms with Gasteiger partial charge in [0, 0.05) is 17.6 Å². The van der Waals surface area contributed by atoms with E-state index in [1.54, 1.807) is 24.4 Å². The minimum atomic E-state index is -0.640. The first-order chi connectivity index (χ1) is 14.0. The molecule has 0 aliphatic carbocycles. The Hall–Kier alpha value is -3.55. The molecular formula is C21H20F2N6. The van der Waals surface area contributed by atoms with Crippen molar-refractivity contribution in [1.82, 2.24) is 24.5 Å². The van der Waals surface area contributed by atoms with Gasteiger partial charge in [-0.05, 0) is 67.9 Å². The van der Waals surface area contributed by atoms with Gasteiger partial charge in [-0.2, -0.15) is 10.2 Å². The zero-order valence-electron chi connectivity index (χ0n) is 16.1. The van der Waals surface area contributed by atoms with Crippen LogP contribution in [0.4, 0.5) is 20.3 Å². The number of hydrogen-bond donors (Lipinski definition) is 1. The predicted octanol–water partition coefficient (Wildman–Crippen LogP) is 4.48. The second kappa shape index (κ2) is 7.83. The summed E-state index contributed by atoms with van der Waals surface area (Å²) in [6.07, 6.45) is 1.67. The third-order valence-corrected chi connectivity index (χ3v) is 4.44. The van der Waals surface area contributed by atoms with Crippen molar-refractivity contribution < 1.29 is 8.78 Å². The number of nitrogens with zero attached hydrogens (tertiary/aromatic N) is 5. The van der Waals surface area contributed by atoms with E-state index in [1.165, 1.54) is 16.8 Å². The lowest BCUT2D eigenvalue weighted by molar-refractivity contribution is 0.473. The molecule has 0 unspecified atom stereocenters. The SMILES string of the molecule is Cc1cc(C)n(Cc2cc(Nc3ccc(F)cc3)nc(-n3ccc(CF)n3)c2)n1. The molecule has 0 saturated heterocycles. The van der Waals surface area contributed by atoms with Gasteiger partial charge in [0.1, 0.15) is 18.3 Å². The maximum atomic E-state index is 13.2. The van der Waals surface area contributed by atoms with E-state index in [0.717, 1.165) is 17.0 Å². The normalized spacial score (nSPS) is 11.0. The van der Waals surface area contributed by atoms with Gasteiger partial charge in [-0.25, -0.2) is 18.4 Å². The standard InChI is InChI=1S/C21H20F2N6/c1-14-9-15(2)29(26-14)13-16-10-20(24-18-5-3-17(23)4-6-18)25-21(11-16)28-8-7-19(12-22)27-28/h3-11H,12-13H2,1-2H3,(H,24,25). The number of aryl methyl sites for hydroxylation is 2. The van der Waals surface area contributed by atoms with E-state index in [2.05, 4.69) is 20.5 Å². The molecule has 0 aliphatic heterocycles. The summed E-state index contributed by atoms with van der Waals surface area (Å²) >= 11 is 0. The Bertz CT molecular complexity index is 1130. The first-order valence-electron chi connectivity index (χ1n) is 9.15. The molecule has 0 radical (unpaired) electrons. The van der Waals surface area contributed by atoms with Crippen LogP contribution in [-0.2, 0) is 13.2 Å². The van der Waals surface area contributed by atoms with E-state index in [0.29, 0.717) is 29.6 Å². The molecule has 0 atom stereocenters. The third kappa shape index (κ3) is 4.31. The van der Waals surface area contributed by atoms with E-state index in [-0.39, 0.29) is 5.82 Å². The largest absolute Gasteiger partial charge is 0.340 e. The smallest absolute Gasteiger partial charge is 0.156 e. The van der Waals surface area contributed by atoms with Crippen molar-refractivity contribution >= 4 is 11.5 Å². The van der Waals surface area contributed by atoms with Crippen molar-refractivity contribution in [2.75, 3.05) is 5.32 Å². The van der Waals surface area contributed by atoms with Crippen molar-refractivity contribution in [3.05, 3.63) is 83.2 Å². The number of hydrogen-bond acceptors (Lipinski definition) is 4. The lowest BCUT2D eigenvalue weighted by Gasteiger charge is -2.12. The average molecular weight is 394 g/mol. The second-order valence-electron chi connectivity index (χ2n) is 6.82. The van der Waals surface area contributed by atoms with Crippen LogP contribution in [-0.4, -0.2) is 24.5 Å². The summed E-state index contributed by atoms with van der Waals surface area (Å²) in [4.78, 5) is 4.58. The molecule has 0 amide bonds. The summed E-state index contributed by atoms with van der Waals surface area (Å²) in [6.45, 7) is 3.86. The van der Waals surface area contributed by atoms with Crippen LogP contribution in [0, 0.1) is 19.7 Å². The molecule has 8 heteroatoms. The molecule has 0 saturated carbocycles. The van der Waals surface area contributed by atoms with Gasteiger partial charge in [-0.15, -0.1) is 0 Å². The minimum absolute atomic E-state index is 0.308. The third-order valence-electron chi connectivity index (χ3n) is 4.44. The van der Waals surface area contributed by atoms with Crippen molar-refractivity contribution in [3.63, 3.8) is 0 Å². The highest BCUT2D eigenvalue weighted by Gasteiger charge is 2.10. The Morgan fingerprint density at radius 1 is 1.00 bits per heavy atom. The van der Waals surface area contributed by atoms with Crippen molar-refractivity contribution in [2.45, 2.75) is 27.1 Å². The Labute approximate surface area is 166 Å². The van der Waals surface area contributed by atoms with Gasteiger partial charge in [-0.3, -0.25) is 4.68 Å². The molecule has 4 aromatic rings. The summed E-state index contributed by atoms with van der Waals surface area (Å²) in [5, 5.41) is 11.9. The van der Waals surface area contributed by atoms with E-state index in [1.807, 2.05) is 36.7 Å². The fourth-order valence-electron chi connectivity index (χ4n) is 3.09. The Kier molecular flexibility index (Phi) is 5.07. The molecule has 1 aromatic carbocycles. The van der Waals surface area contributed by atoms with Gasteiger partial charge in [0.2, 0.25) is 0 Å². The topological polar surface area (TPSA) is 60.6 Å². The molecule has 1 N–H and O–H groups in total. The molecule has 0 aliphatic rings. The fourth-order valence-corrected chi connectivity index (χ4v) is 3.09. The monoisotopic (exact) mass is 394 g/mol. The highest BCUT2D eigenvalue weighted by atomic mass is 19.1. The first kappa shape index (κ1) is 18.8. The van der Waals surface area contributed by atoms with Crippen LogP contribution in [0.2, 0.25) is 0 Å². The van der Waals surface area contributed by atoms with E-state index < -0.39 is 6.67 Å². The maximum absolute atomic E-state index is 13.2. The van der Waals surface area contributed by atoms with E-state index in [9.17, 15) is 8.78 Å². The summed E-state index contributed by atoms with van der Waals surface area (Å²) in [6, 6.07) is 13.5. The van der Waals surface area contributed by atoms with Gasteiger partial charge in [0.15, 0.2) is 5.82 Å². The van der Waals surface area contributed by atoms with E-state index >= 15 is 0 Å². The highest BCUT2D eigenvalue weighted by molar-refractivity contribution is 5.58. The predicted molar refractivity (Wildman–Crippen MR) is 107 cm³/mol. The molecule has 0 spiro atoms. The molecule has 3 aromatic heterocycles. The number of halogens is 2. The maximum Gasteiger partial charge on any atom is 0.156 e. The number of anilines is 2. The molecule has 3 heterocycles. The van der Waals surface area contributed by atoms with Gasteiger partial charge in [-0.1, -0.05) is 0 Å². The summed E-state index contributed by atoms with van der Waals surface area (Å²) in [5.41, 5.74) is 3.98. The van der Waals surface area contributed by atoms with Crippen LogP contribution in [0.1, 0.15) is 22.6 Å². The quantitative estimate of drug-likeness (QED) is 0.524. The van der Waals surface area contributed by atoms with Gasteiger partial charge in [0.05, 0.1) is 17.9 Å². The molecule has 0 bridgehead atoms. The summed E-state index contributed by atoms with van der Waals surface area (Å²) in [7, 11) is 0. The molecule has 6 nitrogen and oxygen atoms in total.